The van der Waals surface area contributed by atoms with Gasteiger partial charge < -0.3 is 5.32 Å². The minimum Gasteiger partial charge on any atom is -0.355 e. The maximum absolute atomic E-state index is 13.8. The molecule has 0 aliphatic carbocycles. The molecule has 102 valence electrons. The van der Waals surface area contributed by atoms with Gasteiger partial charge in [-0.15, -0.1) is 0 Å². The molecule has 0 atom stereocenters. The first-order chi connectivity index (χ1) is 9.11. The van der Waals surface area contributed by atoms with E-state index in [-0.39, 0.29) is 0 Å². The number of rotatable bonds is 5. The Labute approximate surface area is 111 Å². The number of aryl methyl sites for hydroxylation is 1. The van der Waals surface area contributed by atoms with Crippen LogP contribution >= 0.6 is 0 Å². The molecule has 1 N–H and O–H groups in total. The summed E-state index contributed by atoms with van der Waals surface area (Å²) in [5, 5.41) is 3.17. The number of nitrogens with one attached hydrogen (secondary N) is 1. The van der Waals surface area contributed by atoms with Gasteiger partial charge in [0.1, 0.15) is 11.6 Å². The Hall–Kier alpha value is -1.91. The van der Waals surface area contributed by atoms with Crippen LogP contribution in [0.15, 0.2) is 24.4 Å². The van der Waals surface area contributed by atoms with Crippen LogP contribution in [0.25, 0.3) is 5.69 Å². The van der Waals surface area contributed by atoms with Crippen molar-refractivity contribution in [3.05, 3.63) is 41.7 Å². The first-order valence-corrected chi connectivity index (χ1v) is 6.37. The summed E-state index contributed by atoms with van der Waals surface area (Å²) < 4.78 is 28.3. The molecule has 5 heteroatoms. The molecule has 0 fully saturated rings. The fourth-order valence-corrected chi connectivity index (χ4v) is 1.86. The molecule has 0 amide bonds. The predicted octanol–water partition coefficient (Wildman–Crippen LogP) is 3.67. The molecule has 0 saturated carbocycles. The molecule has 1 aromatic carbocycles. The van der Waals surface area contributed by atoms with Crippen molar-refractivity contribution in [1.29, 1.82) is 0 Å². The van der Waals surface area contributed by atoms with Gasteiger partial charge in [-0.05, 0) is 25.5 Å². The third kappa shape index (κ3) is 3.10. The highest BCUT2D eigenvalue weighted by molar-refractivity contribution is 5.44. The second-order valence-corrected chi connectivity index (χ2v) is 4.45. The number of halogens is 2. The Kier molecular flexibility index (Phi) is 4.14. The van der Waals surface area contributed by atoms with Gasteiger partial charge >= 0.3 is 0 Å². The topological polar surface area (TPSA) is 29.9 Å². The van der Waals surface area contributed by atoms with Crippen LogP contribution in [-0.2, 0) is 0 Å². The van der Waals surface area contributed by atoms with Crippen LogP contribution in [0.4, 0.5) is 14.7 Å². The zero-order valence-electron chi connectivity index (χ0n) is 11.1. The van der Waals surface area contributed by atoms with E-state index in [9.17, 15) is 8.78 Å². The second-order valence-electron chi connectivity index (χ2n) is 4.45. The molecule has 1 heterocycles. The molecular weight excluding hydrogens is 248 g/mol. The Morgan fingerprint density at radius 1 is 1.32 bits per heavy atom. The van der Waals surface area contributed by atoms with Crippen molar-refractivity contribution in [3.63, 3.8) is 0 Å². The lowest BCUT2D eigenvalue weighted by Gasteiger charge is -2.10. The molecule has 3 nitrogen and oxygen atoms in total. The first-order valence-electron chi connectivity index (χ1n) is 6.37. The van der Waals surface area contributed by atoms with Gasteiger partial charge in [0.2, 0.25) is 5.95 Å². The number of hydrogen-bond acceptors (Lipinski definition) is 2. The lowest BCUT2D eigenvalue weighted by molar-refractivity contribution is 0.578. The van der Waals surface area contributed by atoms with Gasteiger partial charge in [0.05, 0.1) is 11.4 Å². The highest BCUT2D eigenvalue weighted by atomic mass is 19.1. The third-order valence-electron chi connectivity index (χ3n) is 2.81. The largest absolute Gasteiger partial charge is 0.355 e. The van der Waals surface area contributed by atoms with Gasteiger partial charge in [0, 0.05) is 18.8 Å². The Morgan fingerprint density at radius 3 is 2.79 bits per heavy atom. The number of imidazole rings is 1. The number of nitrogens with zero attached hydrogens (tertiary/aromatic N) is 2. The fraction of sp³-hybridized carbons (Fsp3) is 0.357. The zero-order valence-corrected chi connectivity index (χ0v) is 11.1. The molecule has 0 aliphatic rings. The van der Waals surface area contributed by atoms with E-state index in [1.54, 1.807) is 10.8 Å². The Bertz CT molecular complexity index is 564. The maximum Gasteiger partial charge on any atom is 0.207 e. The number of unbranched alkanes of at least 4 members (excludes halogenated alkanes) is 1. The third-order valence-corrected chi connectivity index (χ3v) is 2.81. The minimum atomic E-state index is -0.601. The monoisotopic (exact) mass is 265 g/mol. The van der Waals surface area contributed by atoms with Crippen LogP contribution in [-0.4, -0.2) is 16.1 Å². The molecule has 2 aromatic rings. The van der Waals surface area contributed by atoms with Crippen molar-refractivity contribution < 1.29 is 8.78 Å². The van der Waals surface area contributed by atoms with Gasteiger partial charge in [-0.1, -0.05) is 13.3 Å². The van der Waals surface area contributed by atoms with E-state index in [1.807, 2.05) is 6.92 Å². The summed E-state index contributed by atoms with van der Waals surface area (Å²) in [5.41, 5.74) is 1.07. The fourth-order valence-electron chi connectivity index (χ4n) is 1.86. The van der Waals surface area contributed by atoms with E-state index < -0.39 is 11.6 Å². The van der Waals surface area contributed by atoms with E-state index in [4.69, 9.17) is 0 Å². The maximum atomic E-state index is 13.8. The molecule has 0 aliphatic heterocycles. The van der Waals surface area contributed by atoms with Gasteiger partial charge in [0.15, 0.2) is 0 Å². The molecular formula is C14H17F2N3. The minimum absolute atomic E-state index is 0.293. The first kappa shape index (κ1) is 13.5. The summed E-state index contributed by atoms with van der Waals surface area (Å²) in [7, 11) is 0. The van der Waals surface area contributed by atoms with Crippen molar-refractivity contribution in [2.75, 3.05) is 11.9 Å². The Morgan fingerprint density at radius 2 is 2.11 bits per heavy atom. The average molecular weight is 265 g/mol. The van der Waals surface area contributed by atoms with Crippen molar-refractivity contribution >= 4 is 5.95 Å². The van der Waals surface area contributed by atoms with E-state index in [0.29, 0.717) is 11.6 Å². The highest BCUT2D eigenvalue weighted by Crippen LogP contribution is 2.20. The molecule has 2 rings (SSSR count). The van der Waals surface area contributed by atoms with E-state index in [0.717, 1.165) is 31.1 Å². The van der Waals surface area contributed by atoms with Crippen LogP contribution in [0.3, 0.4) is 0 Å². The normalized spacial score (nSPS) is 10.7. The van der Waals surface area contributed by atoms with Crippen LogP contribution in [0.2, 0.25) is 0 Å². The van der Waals surface area contributed by atoms with E-state index in [2.05, 4.69) is 17.2 Å². The molecule has 0 spiro atoms. The predicted molar refractivity (Wildman–Crippen MR) is 71.6 cm³/mol. The summed E-state index contributed by atoms with van der Waals surface area (Å²) in [5.74, 6) is -0.606. The van der Waals surface area contributed by atoms with Crippen LogP contribution in [0.1, 0.15) is 25.5 Å². The number of anilines is 1. The van der Waals surface area contributed by atoms with Crippen molar-refractivity contribution in [2.24, 2.45) is 0 Å². The average Bonchev–Trinajstić information content (AvgIpc) is 2.71. The van der Waals surface area contributed by atoms with E-state index in [1.165, 1.54) is 12.1 Å². The summed E-state index contributed by atoms with van der Waals surface area (Å²) in [6, 6.07) is 3.53. The Balaban J connectivity index is 2.32. The van der Waals surface area contributed by atoms with Gasteiger partial charge in [-0.2, -0.15) is 0 Å². The molecule has 0 saturated heterocycles. The van der Waals surface area contributed by atoms with E-state index >= 15 is 0 Å². The highest BCUT2D eigenvalue weighted by Gasteiger charge is 2.11. The van der Waals surface area contributed by atoms with Crippen LogP contribution in [0, 0.1) is 18.6 Å². The van der Waals surface area contributed by atoms with Crippen LogP contribution in [0.5, 0.6) is 0 Å². The van der Waals surface area contributed by atoms with Gasteiger partial charge in [0.25, 0.3) is 0 Å². The summed E-state index contributed by atoms with van der Waals surface area (Å²) >= 11 is 0. The van der Waals surface area contributed by atoms with Crippen molar-refractivity contribution in [3.8, 4) is 5.69 Å². The smallest absolute Gasteiger partial charge is 0.207 e. The number of hydrogen-bond donors (Lipinski definition) is 1. The summed E-state index contributed by atoms with van der Waals surface area (Å²) in [4.78, 5) is 4.31. The molecule has 0 unspecified atom stereocenters. The zero-order chi connectivity index (χ0) is 13.8. The summed E-state index contributed by atoms with van der Waals surface area (Å²) in [6.45, 7) is 4.71. The lowest BCUT2D eigenvalue weighted by Crippen LogP contribution is -2.08. The molecule has 1 aromatic heterocycles. The second kappa shape index (κ2) is 5.82. The van der Waals surface area contributed by atoms with Crippen molar-refractivity contribution in [2.45, 2.75) is 26.7 Å². The SMILES string of the molecule is CCCCNc1nc(C)cn1-c1ccc(F)cc1F. The lowest BCUT2D eigenvalue weighted by atomic mass is 10.3. The quantitative estimate of drug-likeness (QED) is 0.836. The molecule has 19 heavy (non-hydrogen) atoms. The number of benzene rings is 1. The standard InChI is InChI=1S/C14H17F2N3/c1-3-4-7-17-14-18-10(2)9-19(14)13-6-5-11(15)8-12(13)16/h5-6,8-9H,3-4,7H2,1-2H3,(H,17,18). The molecule has 0 bridgehead atoms. The molecule has 0 radical (unpaired) electrons. The van der Waals surface area contributed by atoms with Crippen LogP contribution < -0.4 is 5.32 Å². The number of aromatic nitrogens is 2. The van der Waals surface area contributed by atoms with Gasteiger partial charge in [-0.3, -0.25) is 4.57 Å². The van der Waals surface area contributed by atoms with Crippen molar-refractivity contribution in [1.82, 2.24) is 9.55 Å². The summed E-state index contributed by atoms with van der Waals surface area (Å²) in [6.07, 6.45) is 3.81. The van der Waals surface area contributed by atoms with Gasteiger partial charge in [-0.25, -0.2) is 13.8 Å².